The summed E-state index contributed by atoms with van der Waals surface area (Å²) in [4.78, 5) is 16.6. The molecule has 4 rings (SSSR count). The largest absolute Gasteiger partial charge is 0.493 e. The van der Waals surface area contributed by atoms with Crippen LogP contribution in [0.2, 0.25) is 5.02 Å². The Kier molecular flexibility index (Phi) is 5.12. The summed E-state index contributed by atoms with van der Waals surface area (Å²) in [7, 11) is 0. The standard InChI is InChI=1S/C21H19ClN2O3/c22-16-7-3-1-5-14(16)19-13-23-21(27-19)10-9-20(25)24-17-11-12-26-18-8-4-2-6-15(17)18/h1-8,13,17H,9-12H2,(H,24,25)/t17-/m0/s1. The van der Waals surface area contributed by atoms with Crippen molar-refractivity contribution in [1.29, 1.82) is 0 Å². The van der Waals surface area contributed by atoms with Gasteiger partial charge in [-0.15, -0.1) is 0 Å². The zero-order chi connectivity index (χ0) is 18.6. The summed E-state index contributed by atoms with van der Waals surface area (Å²) < 4.78 is 11.4. The lowest BCUT2D eigenvalue weighted by Crippen LogP contribution is -2.32. The van der Waals surface area contributed by atoms with Crippen LogP contribution in [0.5, 0.6) is 5.75 Å². The topological polar surface area (TPSA) is 64.4 Å². The van der Waals surface area contributed by atoms with E-state index in [9.17, 15) is 4.79 Å². The first-order valence-electron chi connectivity index (χ1n) is 8.91. The number of para-hydroxylation sites is 1. The molecule has 5 nitrogen and oxygen atoms in total. The maximum absolute atomic E-state index is 12.4. The predicted molar refractivity (Wildman–Crippen MR) is 103 cm³/mol. The van der Waals surface area contributed by atoms with Gasteiger partial charge in [-0.3, -0.25) is 4.79 Å². The number of rotatable bonds is 5. The molecule has 0 fully saturated rings. The molecule has 0 bridgehead atoms. The van der Waals surface area contributed by atoms with E-state index in [4.69, 9.17) is 20.8 Å². The molecule has 6 heteroatoms. The van der Waals surface area contributed by atoms with Gasteiger partial charge >= 0.3 is 0 Å². The quantitative estimate of drug-likeness (QED) is 0.702. The monoisotopic (exact) mass is 382 g/mol. The van der Waals surface area contributed by atoms with Gasteiger partial charge in [-0.2, -0.15) is 0 Å². The van der Waals surface area contributed by atoms with Gasteiger partial charge < -0.3 is 14.5 Å². The molecule has 1 atom stereocenters. The second-order valence-corrected chi connectivity index (χ2v) is 6.80. The van der Waals surface area contributed by atoms with E-state index >= 15 is 0 Å². The van der Waals surface area contributed by atoms with Crippen molar-refractivity contribution in [2.45, 2.75) is 25.3 Å². The summed E-state index contributed by atoms with van der Waals surface area (Å²) in [6, 6.07) is 15.2. The van der Waals surface area contributed by atoms with E-state index < -0.39 is 0 Å². The number of benzene rings is 2. The summed E-state index contributed by atoms with van der Waals surface area (Å²) in [6.45, 7) is 0.600. The molecule has 27 heavy (non-hydrogen) atoms. The van der Waals surface area contributed by atoms with E-state index in [0.29, 0.717) is 36.1 Å². The second kappa shape index (κ2) is 7.84. The minimum Gasteiger partial charge on any atom is -0.493 e. The van der Waals surface area contributed by atoms with Crippen molar-refractivity contribution in [3.05, 3.63) is 71.2 Å². The van der Waals surface area contributed by atoms with Crippen LogP contribution in [0.4, 0.5) is 0 Å². The van der Waals surface area contributed by atoms with E-state index in [1.807, 2.05) is 42.5 Å². The summed E-state index contributed by atoms with van der Waals surface area (Å²) in [5.74, 6) is 1.93. The highest BCUT2D eigenvalue weighted by Crippen LogP contribution is 2.31. The van der Waals surface area contributed by atoms with Crippen LogP contribution in [0.3, 0.4) is 0 Å². The van der Waals surface area contributed by atoms with Crippen LogP contribution < -0.4 is 10.1 Å². The molecule has 1 amide bonds. The normalized spacial score (nSPS) is 15.7. The molecule has 3 aromatic rings. The highest BCUT2D eigenvalue weighted by atomic mass is 35.5. The lowest BCUT2D eigenvalue weighted by molar-refractivity contribution is -0.122. The van der Waals surface area contributed by atoms with Gasteiger partial charge in [0.15, 0.2) is 11.7 Å². The number of ether oxygens (including phenoxy) is 1. The van der Waals surface area contributed by atoms with Crippen molar-refractivity contribution in [3.63, 3.8) is 0 Å². The minimum absolute atomic E-state index is 0.0225. The molecular formula is C21H19ClN2O3. The Morgan fingerprint density at radius 1 is 1.19 bits per heavy atom. The predicted octanol–water partition coefficient (Wildman–Crippen LogP) is 4.57. The van der Waals surface area contributed by atoms with Crippen LogP contribution in [0, 0.1) is 0 Å². The Morgan fingerprint density at radius 2 is 2.00 bits per heavy atom. The molecule has 1 aliphatic heterocycles. The number of aromatic nitrogens is 1. The number of halogens is 1. The number of carbonyl (C=O) groups is 1. The number of nitrogens with zero attached hydrogens (tertiary/aromatic N) is 1. The van der Waals surface area contributed by atoms with Gasteiger partial charge in [-0.05, 0) is 18.2 Å². The van der Waals surface area contributed by atoms with E-state index in [1.165, 1.54) is 0 Å². The number of carbonyl (C=O) groups excluding carboxylic acids is 1. The maximum Gasteiger partial charge on any atom is 0.220 e. The van der Waals surface area contributed by atoms with Gasteiger partial charge in [0.2, 0.25) is 5.91 Å². The van der Waals surface area contributed by atoms with Gasteiger partial charge in [-0.25, -0.2) is 4.98 Å². The fourth-order valence-corrected chi connectivity index (χ4v) is 3.42. The molecule has 0 aliphatic carbocycles. The molecule has 1 aliphatic rings. The fraction of sp³-hybridized carbons (Fsp3) is 0.238. The van der Waals surface area contributed by atoms with E-state index in [0.717, 1.165) is 23.3 Å². The molecule has 2 heterocycles. The van der Waals surface area contributed by atoms with Gasteiger partial charge in [0.25, 0.3) is 0 Å². The molecular weight excluding hydrogens is 364 g/mol. The van der Waals surface area contributed by atoms with Crippen molar-refractivity contribution >= 4 is 17.5 Å². The molecule has 0 spiro atoms. The number of hydrogen-bond donors (Lipinski definition) is 1. The average Bonchev–Trinajstić information content (AvgIpc) is 3.16. The summed E-state index contributed by atoms with van der Waals surface area (Å²) in [5, 5.41) is 3.69. The molecule has 1 N–H and O–H groups in total. The lowest BCUT2D eigenvalue weighted by Gasteiger charge is -2.26. The Labute approximate surface area is 162 Å². The van der Waals surface area contributed by atoms with Crippen molar-refractivity contribution in [2.24, 2.45) is 0 Å². The van der Waals surface area contributed by atoms with Crippen molar-refractivity contribution in [3.8, 4) is 17.1 Å². The molecule has 0 saturated carbocycles. The first-order valence-corrected chi connectivity index (χ1v) is 9.29. The van der Waals surface area contributed by atoms with Crippen molar-refractivity contribution in [2.75, 3.05) is 6.61 Å². The third kappa shape index (κ3) is 3.98. The van der Waals surface area contributed by atoms with Crippen LogP contribution in [0.15, 0.2) is 59.1 Å². The van der Waals surface area contributed by atoms with Crippen LogP contribution in [0.25, 0.3) is 11.3 Å². The van der Waals surface area contributed by atoms with Crippen molar-refractivity contribution < 1.29 is 13.9 Å². The molecule has 0 saturated heterocycles. The third-order valence-electron chi connectivity index (χ3n) is 4.55. The zero-order valence-corrected chi connectivity index (χ0v) is 15.4. The van der Waals surface area contributed by atoms with Crippen LogP contribution in [-0.2, 0) is 11.2 Å². The fourth-order valence-electron chi connectivity index (χ4n) is 3.19. The Balaban J connectivity index is 1.36. The van der Waals surface area contributed by atoms with Crippen LogP contribution in [-0.4, -0.2) is 17.5 Å². The maximum atomic E-state index is 12.4. The van der Waals surface area contributed by atoms with Gasteiger partial charge in [0.05, 0.1) is 23.9 Å². The van der Waals surface area contributed by atoms with Crippen LogP contribution in [0.1, 0.15) is 30.3 Å². The average molecular weight is 383 g/mol. The van der Waals surface area contributed by atoms with Gasteiger partial charge in [-0.1, -0.05) is 41.9 Å². The number of aryl methyl sites for hydroxylation is 1. The number of fused-ring (bicyclic) bond motifs is 1. The molecule has 2 aromatic carbocycles. The van der Waals surface area contributed by atoms with Gasteiger partial charge in [0.1, 0.15) is 5.75 Å². The van der Waals surface area contributed by atoms with Crippen molar-refractivity contribution in [1.82, 2.24) is 10.3 Å². The SMILES string of the molecule is O=C(CCc1ncc(-c2ccccc2Cl)o1)N[C@H]1CCOc2ccccc21. The molecule has 0 radical (unpaired) electrons. The summed E-state index contributed by atoms with van der Waals surface area (Å²) >= 11 is 6.18. The lowest BCUT2D eigenvalue weighted by atomic mass is 10.0. The third-order valence-corrected chi connectivity index (χ3v) is 4.88. The second-order valence-electron chi connectivity index (χ2n) is 6.39. The number of hydrogen-bond acceptors (Lipinski definition) is 4. The molecule has 138 valence electrons. The highest BCUT2D eigenvalue weighted by Gasteiger charge is 2.22. The minimum atomic E-state index is -0.0332. The van der Waals surface area contributed by atoms with E-state index in [2.05, 4.69) is 10.3 Å². The van der Waals surface area contributed by atoms with E-state index in [-0.39, 0.29) is 11.9 Å². The summed E-state index contributed by atoms with van der Waals surface area (Å²) in [6.07, 6.45) is 3.14. The first-order chi connectivity index (χ1) is 13.2. The highest BCUT2D eigenvalue weighted by molar-refractivity contribution is 6.33. The Bertz CT molecular complexity index is 954. The summed E-state index contributed by atoms with van der Waals surface area (Å²) in [5.41, 5.74) is 1.82. The Morgan fingerprint density at radius 3 is 2.89 bits per heavy atom. The number of oxazole rings is 1. The van der Waals surface area contributed by atoms with E-state index in [1.54, 1.807) is 12.3 Å². The Hall–Kier alpha value is -2.79. The van der Waals surface area contributed by atoms with Gasteiger partial charge in [0, 0.05) is 30.4 Å². The molecule has 1 aromatic heterocycles. The smallest absolute Gasteiger partial charge is 0.220 e. The molecule has 0 unspecified atom stereocenters. The first kappa shape index (κ1) is 17.6. The van der Waals surface area contributed by atoms with Crippen LogP contribution >= 0.6 is 11.6 Å². The number of amides is 1. The zero-order valence-electron chi connectivity index (χ0n) is 14.7. The number of nitrogens with one attached hydrogen (secondary N) is 1.